The van der Waals surface area contributed by atoms with Gasteiger partial charge in [-0.2, -0.15) is 5.26 Å². The van der Waals surface area contributed by atoms with Gasteiger partial charge < -0.3 is 14.8 Å². The van der Waals surface area contributed by atoms with Crippen LogP contribution in [0.2, 0.25) is 0 Å². The first-order valence-corrected chi connectivity index (χ1v) is 9.20. The lowest BCUT2D eigenvalue weighted by Gasteiger charge is -2.30. The van der Waals surface area contributed by atoms with E-state index in [4.69, 9.17) is 5.26 Å². The predicted octanol–water partition coefficient (Wildman–Crippen LogP) is 2.49. The van der Waals surface area contributed by atoms with E-state index in [1.54, 1.807) is 19.2 Å². The van der Waals surface area contributed by atoms with Crippen LogP contribution in [0.25, 0.3) is 0 Å². The lowest BCUT2D eigenvalue weighted by atomic mass is 9.87. The summed E-state index contributed by atoms with van der Waals surface area (Å²) in [4.78, 5) is 31.8. The highest BCUT2D eigenvalue weighted by Gasteiger charge is 2.49. The monoisotopic (exact) mass is 362 g/mol. The van der Waals surface area contributed by atoms with Gasteiger partial charge >= 0.3 is 0 Å². The van der Waals surface area contributed by atoms with Crippen LogP contribution >= 0.6 is 0 Å². The molecule has 2 aliphatic heterocycles. The van der Waals surface area contributed by atoms with E-state index in [1.165, 1.54) is 11.1 Å². The zero-order valence-electron chi connectivity index (χ0n) is 15.5. The van der Waals surface area contributed by atoms with E-state index < -0.39 is 0 Å². The number of amides is 2. The molecule has 0 saturated carbocycles. The van der Waals surface area contributed by atoms with Crippen LogP contribution in [0.3, 0.4) is 0 Å². The molecule has 2 fully saturated rings. The fourth-order valence-electron chi connectivity index (χ4n) is 4.60. The Labute approximate surface area is 158 Å². The number of aryl methyl sites for hydroxylation is 1. The third kappa shape index (κ3) is 2.89. The molecule has 0 unspecified atom stereocenters. The number of fused-ring (bicyclic) bond motifs is 1. The van der Waals surface area contributed by atoms with Gasteiger partial charge in [-0.05, 0) is 24.1 Å². The minimum atomic E-state index is -0.0798. The minimum absolute atomic E-state index is 0.00445. The average molecular weight is 362 g/mol. The van der Waals surface area contributed by atoms with Crippen LogP contribution in [0.5, 0.6) is 0 Å². The number of nitrogens with zero attached hydrogens (tertiary/aromatic N) is 3. The first kappa shape index (κ1) is 17.3. The van der Waals surface area contributed by atoms with Crippen molar-refractivity contribution in [2.24, 2.45) is 11.8 Å². The Balaban J connectivity index is 1.60. The van der Waals surface area contributed by atoms with Gasteiger partial charge in [-0.3, -0.25) is 9.59 Å². The highest BCUT2D eigenvalue weighted by atomic mass is 16.2. The molecule has 0 radical (unpaired) electrons. The van der Waals surface area contributed by atoms with Crippen molar-refractivity contribution in [3.63, 3.8) is 0 Å². The van der Waals surface area contributed by atoms with Crippen molar-refractivity contribution in [1.29, 1.82) is 5.26 Å². The van der Waals surface area contributed by atoms with Gasteiger partial charge in [-0.15, -0.1) is 0 Å². The Hall–Kier alpha value is -3.07. The molecule has 0 aliphatic carbocycles. The maximum absolute atomic E-state index is 12.8. The third-order valence-electron chi connectivity index (χ3n) is 5.91. The van der Waals surface area contributed by atoms with Gasteiger partial charge in [-0.1, -0.05) is 24.3 Å². The standard InChI is InChI=1S/C21H22N4O2/c1-13-5-3-4-6-17(13)20-18-12-24(10-16(18)11-25(20)14(2)26)21(27)19-7-15(8-22)9-23-19/h3-7,9,16,18,20,23H,10-12H2,1-2H3/t16-,18-,20+/m1/s1. The molecule has 1 aromatic heterocycles. The second kappa shape index (κ2) is 6.58. The molecular formula is C21H22N4O2. The van der Waals surface area contributed by atoms with E-state index in [9.17, 15) is 9.59 Å². The second-order valence-corrected chi connectivity index (χ2v) is 7.52. The van der Waals surface area contributed by atoms with Gasteiger partial charge in [0, 0.05) is 44.6 Å². The number of benzene rings is 1. The van der Waals surface area contributed by atoms with E-state index in [0.29, 0.717) is 30.9 Å². The molecule has 2 amide bonds. The van der Waals surface area contributed by atoms with E-state index >= 15 is 0 Å². The lowest BCUT2D eigenvalue weighted by molar-refractivity contribution is -0.130. The zero-order chi connectivity index (χ0) is 19.1. The highest BCUT2D eigenvalue weighted by Crippen LogP contribution is 2.45. The van der Waals surface area contributed by atoms with Crippen molar-refractivity contribution in [2.75, 3.05) is 19.6 Å². The van der Waals surface area contributed by atoms with Crippen LogP contribution in [0.1, 0.15) is 40.1 Å². The number of rotatable bonds is 2. The molecule has 2 saturated heterocycles. The van der Waals surface area contributed by atoms with Gasteiger partial charge in [0.2, 0.25) is 5.91 Å². The first-order valence-electron chi connectivity index (χ1n) is 9.20. The van der Waals surface area contributed by atoms with E-state index in [1.807, 2.05) is 28.0 Å². The molecule has 0 spiro atoms. The number of aromatic nitrogens is 1. The molecule has 6 heteroatoms. The second-order valence-electron chi connectivity index (χ2n) is 7.52. The minimum Gasteiger partial charge on any atom is -0.356 e. The highest BCUT2D eigenvalue weighted by molar-refractivity contribution is 5.93. The molecule has 1 N–H and O–H groups in total. The lowest BCUT2D eigenvalue weighted by Crippen LogP contribution is -2.36. The molecule has 2 aromatic rings. The van der Waals surface area contributed by atoms with Crippen molar-refractivity contribution in [3.05, 3.63) is 58.9 Å². The summed E-state index contributed by atoms with van der Waals surface area (Å²) >= 11 is 0. The van der Waals surface area contributed by atoms with Crippen LogP contribution in [0.4, 0.5) is 0 Å². The summed E-state index contributed by atoms with van der Waals surface area (Å²) in [7, 11) is 0. The number of hydrogen-bond donors (Lipinski definition) is 1. The predicted molar refractivity (Wildman–Crippen MR) is 99.7 cm³/mol. The molecule has 3 heterocycles. The van der Waals surface area contributed by atoms with Crippen molar-refractivity contribution in [3.8, 4) is 6.07 Å². The van der Waals surface area contributed by atoms with Crippen LogP contribution in [0, 0.1) is 30.1 Å². The van der Waals surface area contributed by atoms with Crippen molar-refractivity contribution in [1.82, 2.24) is 14.8 Å². The Morgan fingerprint density at radius 2 is 2.00 bits per heavy atom. The topological polar surface area (TPSA) is 80.2 Å². The van der Waals surface area contributed by atoms with Crippen molar-refractivity contribution >= 4 is 11.8 Å². The average Bonchev–Trinajstić information content (AvgIpc) is 3.35. The maximum Gasteiger partial charge on any atom is 0.270 e. The molecule has 27 heavy (non-hydrogen) atoms. The SMILES string of the molecule is CC(=O)N1C[C@H]2CN(C(=O)c3cc(C#N)c[nH]3)C[C@H]2[C@@H]1c1ccccc1C. The fourth-order valence-corrected chi connectivity index (χ4v) is 4.60. The third-order valence-corrected chi connectivity index (χ3v) is 5.91. The zero-order valence-corrected chi connectivity index (χ0v) is 15.5. The van der Waals surface area contributed by atoms with Crippen LogP contribution in [0.15, 0.2) is 36.5 Å². The summed E-state index contributed by atoms with van der Waals surface area (Å²) in [6.07, 6.45) is 1.55. The number of carbonyl (C=O) groups excluding carboxylic acids is 2. The van der Waals surface area contributed by atoms with Crippen molar-refractivity contribution < 1.29 is 9.59 Å². The Bertz CT molecular complexity index is 942. The summed E-state index contributed by atoms with van der Waals surface area (Å²) in [5.74, 6) is 0.500. The van der Waals surface area contributed by atoms with Gasteiger partial charge in [-0.25, -0.2) is 0 Å². The number of carbonyl (C=O) groups is 2. The first-order chi connectivity index (χ1) is 13.0. The maximum atomic E-state index is 12.8. The number of nitrogens with one attached hydrogen (secondary N) is 1. The van der Waals surface area contributed by atoms with E-state index in [0.717, 1.165) is 0 Å². The van der Waals surface area contributed by atoms with Gasteiger partial charge in [0.25, 0.3) is 5.91 Å². The van der Waals surface area contributed by atoms with Crippen LogP contribution in [-0.2, 0) is 4.79 Å². The Kier molecular flexibility index (Phi) is 4.23. The number of H-pyrrole nitrogens is 1. The van der Waals surface area contributed by atoms with Gasteiger partial charge in [0.1, 0.15) is 11.8 Å². The molecule has 0 bridgehead atoms. The summed E-state index contributed by atoms with van der Waals surface area (Å²) in [6.45, 7) is 5.62. The normalized spacial score (nSPS) is 24.0. The largest absolute Gasteiger partial charge is 0.356 e. The molecule has 6 nitrogen and oxygen atoms in total. The molecule has 2 aliphatic rings. The fraction of sp³-hybridized carbons (Fsp3) is 0.381. The number of likely N-dealkylation sites (tertiary alicyclic amines) is 2. The number of hydrogen-bond acceptors (Lipinski definition) is 3. The van der Waals surface area contributed by atoms with E-state index in [2.05, 4.69) is 24.0 Å². The smallest absolute Gasteiger partial charge is 0.270 e. The Morgan fingerprint density at radius 1 is 1.22 bits per heavy atom. The van der Waals surface area contributed by atoms with Crippen molar-refractivity contribution in [2.45, 2.75) is 19.9 Å². The summed E-state index contributed by atoms with van der Waals surface area (Å²) < 4.78 is 0. The number of nitriles is 1. The van der Waals surface area contributed by atoms with Crippen LogP contribution < -0.4 is 0 Å². The Morgan fingerprint density at radius 3 is 2.67 bits per heavy atom. The molecule has 4 rings (SSSR count). The quantitative estimate of drug-likeness (QED) is 0.891. The summed E-state index contributed by atoms with van der Waals surface area (Å²) in [5, 5.41) is 8.96. The van der Waals surface area contributed by atoms with Gasteiger partial charge in [0.15, 0.2) is 0 Å². The molecule has 1 aromatic carbocycles. The van der Waals surface area contributed by atoms with Crippen LogP contribution in [-0.4, -0.2) is 46.2 Å². The van der Waals surface area contributed by atoms with E-state index in [-0.39, 0.29) is 29.7 Å². The molecule has 138 valence electrons. The molecular weight excluding hydrogens is 340 g/mol. The van der Waals surface area contributed by atoms with Gasteiger partial charge in [0.05, 0.1) is 11.6 Å². The number of aromatic amines is 1. The summed E-state index contributed by atoms with van der Waals surface area (Å²) in [5.41, 5.74) is 3.24. The summed E-state index contributed by atoms with van der Waals surface area (Å²) in [6, 6.07) is 11.8. The molecule has 3 atom stereocenters.